The van der Waals surface area contributed by atoms with E-state index in [-0.39, 0.29) is 29.4 Å². The Morgan fingerprint density at radius 2 is 2.29 bits per heavy atom. The number of rotatable bonds is 3. The van der Waals surface area contributed by atoms with E-state index in [0.717, 1.165) is 19.1 Å². The van der Waals surface area contributed by atoms with Gasteiger partial charge >= 0.3 is 0 Å². The van der Waals surface area contributed by atoms with Gasteiger partial charge < -0.3 is 15.0 Å². The van der Waals surface area contributed by atoms with Crippen LogP contribution in [0.2, 0.25) is 0 Å². The first kappa shape index (κ1) is 19.5. The van der Waals surface area contributed by atoms with Gasteiger partial charge in [0.1, 0.15) is 0 Å². The van der Waals surface area contributed by atoms with Crippen LogP contribution < -0.4 is 5.32 Å². The molecule has 1 aromatic heterocycles. The number of nitrogens with one attached hydrogen (secondary N) is 1. The van der Waals surface area contributed by atoms with Gasteiger partial charge in [-0.15, -0.1) is 24.0 Å². The highest BCUT2D eigenvalue weighted by atomic mass is 127. The molecule has 3 atom stereocenters. The molecule has 1 aromatic rings. The quantitative estimate of drug-likeness (QED) is 0.439. The summed E-state index contributed by atoms with van der Waals surface area (Å²) in [6.45, 7) is 6.30. The van der Waals surface area contributed by atoms with Crippen LogP contribution in [0.25, 0.3) is 0 Å². The van der Waals surface area contributed by atoms with Crippen molar-refractivity contribution in [1.82, 2.24) is 20.0 Å². The standard InChI is InChI=1S/C17H29N5O.HI/c1-17(2)14(13-7-6-8-23-15(13)17)20-16(18-3)21(4)10-12-9-19-22(5)11-12;/h9,11,13-15H,6-8,10H2,1-5H3,(H,18,20);1H. The zero-order valence-electron chi connectivity index (χ0n) is 15.3. The van der Waals surface area contributed by atoms with Crippen molar-refractivity contribution in [2.24, 2.45) is 23.4 Å². The Hall–Kier alpha value is -0.830. The number of halogens is 1. The summed E-state index contributed by atoms with van der Waals surface area (Å²) < 4.78 is 7.82. The van der Waals surface area contributed by atoms with Crippen LogP contribution in [0.3, 0.4) is 0 Å². The van der Waals surface area contributed by atoms with E-state index in [4.69, 9.17) is 4.74 Å². The smallest absolute Gasteiger partial charge is 0.193 e. The van der Waals surface area contributed by atoms with Crippen LogP contribution >= 0.6 is 24.0 Å². The highest BCUT2D eigenvalue weighted by molar-refractivity contribution is 14.0. The molecule has 0 spiro atoms. The van der Waals surface area contributed by atoms with Gasteiger partial charge in [0.15, 0.2) is 5.96 Å². The van der Waals surface area contributed by atoms with Crippen molar-refractivity contribution in [3.8, 4) is 0 Å². The molecule has 1 N–H and O–H groups in total. The molecular weight excluding hydrogens is 417 g/mol. The molecule has 6 nitrogen and oxygen atoms in total. The Kier molecular flexibility index (Phi) is 6.17. The zero-order valence-corrected chi connectivity index (χ0v) is 17.7. The minimum Gasteiger partial charge on any atom is -0.377 e. The molecule has 7 heteroatoms. The van der Waals surface area contributed by atoms with Gasteiger partial charge in [0.2, 0.25) is 0 Å². The van der Waals surface area contributed by atoms with Crippen molar-refractivity contribution in [2.75, 3.05) is 20.7 Å². The second-order valence-electron chi connectivity index (χ2n) is 7.47. The molecule has 3 rings (SSSR count). The summed E-state index contributed by atoms with van der Waals surface area (Å²) in [6.07, 6.45) is 6.74. The maximum atomic E-state index is 5.99. The average molecular weight is 447 g/mol. The number of ether oxygens (including phenoxy) is 1. The van der Waals surface area contributed by atoms with Crippen LogP contribution in [0.5, 0.6) is 0 Å². The van der Waals surface area contributed by atoms with Crippen LogP contribution in [-0.2, 0) is 18.3 Å². The first-order valence-electron chi connectivity index (χ1n) is 8.47. The van der Waals surface area contributed by atoms with Gasteiger partial charge in [-0.2, -0.15) is 5.10 Å². The molecule has 0 bridgehead atoms. The second kappa shape index (κ2) is 7.59. The van der Waals surface area contributed by atoms with Crippen LogP contribution in [0.15, 0.2) is 17.4 Å². The maximum Gasteiger partial charge on any atom is 0.193 e. The molecule has 2 heterocycles. The number of nitrogens with zero attached hydrogens (tertiary/aromatic N) is 4. The van der Waals surface area contributed by atoms with Gasteiger partial charge in [-0.25, -0.2) is 0 Å². The minimum absolute atomic E-state index is 0. The topological polar surface area (TPSA) is 54.7 Å². The summed E-state index contributed by atoms with van der Waals surface area (Å²) in [5.41, 5.74) is 1.33. The van der Waals surface area contributed by atoms with Crippen LogP contribution in [-0.4, -0.2) is 53.5 Å². The van der Waals surface area contributed by atoms with Crippen molar-refractivity contribution in [3.63, 3.8) is 0 Å². The van der Waals surface area contributed by atoms with E-state index in [1.54, 1.807) is 0 Å². The van der Waals surface area contributed by atoms with Crippen LogP contribution in [0.4, 0.5) is 0 Å². The van der Waals surface area contributed by atoms with Gasteiger partial charge in [-0.3, -0.25) is 9.67 Å². The lowest BCUT2D eigenvalue weighted by molar-refractivity contribution is -0.188. The number of fused-ring (bicyclic) bond motifs is 1. The SMILES string of the molecule is CN=C(NC1C2CCCOC2C1(C)C)N(C)Cc1cnn(C)c1.I. The Labute approximate surface area is 162 Å². The van der Waals surface area contributed by atoms with Gasteiger partial charge in [0.05, 0.1) is 12.3 Å². The largest absolute Gasteiger partial charge is 0.377 e. The molecule has 1 saturated heterocycles. The molecule has 0 amide bonds. The molecule has 1 aliphatic carbocycles. The molecule has 2 fully saturated rings. The first-order chi connectivity index (χ1) is 10.9. The molecule has 136 valence electrons. The summed E-state index contributed by atoms with van der Waals surface area (Å²) >= 11 is 0. The third-order valence-corrected chi connectivity index (χ3v) is 5.37. The summed E-state index contributed by atoms with van der Waals surface area (Å²) in [6, 6.07) is 0.419. The van der Waals surface area contributed by atoms with Gasteiger partial charge in [0, 0.05) is 63.4 Å². The second-order valence-corrected chi connectivity index (χ2v) is 7.47. The van der Waals surface area contributed by atoms with Gasteiger partial charge in [0.25, 0.3) is 0 Å². The highest BCUT2D eigenvalue weighted by Crippen LogP contribution is 2.51. The van der Waals surface area contributed by atoms with Crippen molar-refractivity contribution in [2.45, 2.75) is 45.4 Å². The van der Waals surface area contributed by atoms with E-state index >= 15 is 0 Å². The zero-order chi connectivity index (χ0) is 16.6. The minimum atomic E-state index is 0. The summed E-state index contributed by atoms with van der Waals surface area (Å²) in [5.74, 6) is 1.54. The summed E-state index contributed by atoms with van der Waals surface area (Å²) in [7, 11) is 5.86. The van der Waals surface area contributed by atoms with Gasteiger partial charge in [-0.05, 0) is 12.8 Å². The molecule has 2 aliphatic rings. The number of hydrogen-bond donors (Lipinski definition) is 1. The van der Waals surface area contributed by atoms with E-state index < -0.39 is 0 Å². The third kappa shape index (κ3) is 3.56. The van der Waals surface area contributed by atoms with Crippen LogP contribution in [0, 0.1) is 11.3 Å². The van der Waals surface area contributed by atoms with Gasteiger partial charge in [-0.1, -0.05) is 13.8 Å². The fourth-order valence-electron chi connectivity index (χ4n) is 4.20. The number of aliphatic imine (C=N–C) groups is 1. The number of aromatic nitrogens is 2. The lowest BCUT2D eigenvalue weighted by Gasteiger charge is -2.60. The van der Waals surface area contributed by atoms with Crippen molar-refractivity contribution in [3.05, 3.63) is 18.0 Å². The highest BCUT2D eigenvalue weighted by Gasteiger charge is 2.58. The summed E-state index contributed by atoms with van der Waals surface area (Å²) in [5, 5.41) is 7.92. The van der Waals surface area contributed by atoms with E-state index in [2.05, 4.69) is 41.2 Å². The normalized spacial score (nSPS) is 28.4. The maximum absolute atomic E-state index is 5.99. The summed E-state index contributed by atoms with van der Waals surface area (Å²) in [4.78, 5) is 6.64. The predicted octanol–water partition coefficient (Wildman–Crippen LogP) is 2.25. The van der Waals surface area contributed by atoms with E-state index in [1.807, 2.05) is 31.2 Å². The number of hydrogen-bond acceptors (Lipinski definition) is 3. The number of aryl methyl sites for hydroxylation is 1. The van der Waals surface area contributed by atoms with E-state index in [0.29, 0.717) is 18.1 Å². The van der Waals surface area contributed by atoms with Crippen LogP contribution in [0.1, 0.15) is 32.3 Å². The monoisotopic (exact) mass is 447 g/mol. The first-order valence-corrected chi connectivity index (χ1v) is 8.47. The third-order valence-electron chi connectivity index (χ3n) is 5.37. The Bertz CT molecular complexity index is 585. The molecule has 0 aromatic carbocycles. The Morgan fingerprint density at radius 3 is 2.92 bits per heavy atom. The average Bonchev–Trinajstić information content (AvgIpc) is 2.93. The lowest BCUT2D eigenvalue weighted by atomic mass is 9.55. The fourth-order valence-corrected chi connectivity index (χ4v) is 4.20. The Balaban J connectivity index is 0.00000208. The van der Waals surface area contributed by atoms with E-state index in [1.165, 1.54) is 18.4 Å². The van der Waals surface area contributed by atoms with E-state index in [9.17, 15) is 0 Å². The molecule has 1 saturated carbocycles. The van der Waals surface area contributed by atoms with Crippen molar-refractivity contribution >= 4 is 29.9 Å². The van der Waals surface area contributed by atoms with Crippen molar-refractivity contribution in [1.29, 1.82) is 0 Å². The Morgan fingerprint density at radius 1 is 1.54 bits per heavy atom. The predicted molar refractivity (Wildman–Crippen MR) is 107 cm³/mol. The molecule has 0 radical (unpaired) electrons. The molecule has 3 unspecified atom stereocenters. The molecule has 1 aliphatic heterocycles. The van der Waals surface area contributed by atoms with Crippen molar-refractivity contribution < 1.29 is 4.74 Å². The lowest BCUT2D eigenvalue weighted by Crippen LogP contribution is -2.71. The molecular formula is C17H30IN5O. The number of guanidine groups is 1. The fraction of sp³-hybridized carbons (Fsp3) is 0.765. The molecule has 24 heavy (non-hydrogen) atoms.